The van der Waals surface area contributed by atoms with E-state index in [-0.39, 0.29) is 0 Å². The lowest BCUT2D eigenvalue weighted by Crippen LogP contribution is -2.42. The van der Waals surface area contributed by atoms with Crippen molar-refractivity contribution in [3.05, 3.63) is 0 Å². The third kappa shape index (κ3) is 4.52. The first kappa shape index (κ1) is 13.0. The van der Waals surface area contributed by atoms with Crippen LogP contribution in [0.3, 0.4) is 0 Å². The highest BCUT2D eigenvalue weighted by Crippen LogP contribution is 2.14. The minimum atomic E-state index is 0.734. The SMILES string of the molecule is CCN(CC1CCCN1)C(C)CC(C)C. The van der Waals surface area contributed by atoms with E-state index in [1.807, 2.05) is 0 Å². The van der Waals surface area contributed by atoms with Gasteiger partial charge in [-0.1, -0.05) is 20.8 Å². The van der Waals surface area contributed by atoms with Crippen LogP contribution in [0.15, 0.2) is 0 Å². The largest absolute Gasteiger partial charge is 0.313 e. The van der Waals surface area contributed by atoms with E-state index in [0.29, 0.717) is 0 Å². The maximum atomic E-state index is 3.59. The molecule has 0 bridgehead atoms. The van der Waals surface area contributed by atoms with E-state index in [1.54, 1.807) is 0 Å². The van der Waals surface area contributed by atoms with Gasteiger partial charge in [-0.25, -0.2) is 0 Å². The molecule has 0 aromatic heterocycles. The van der Waals surface area contributed by atoms with Gasteiger partial charge in [-0.2, -0.15) is 0 Å². The Hall–Kier alpha value is -0.0800. The maximum Gasteiger partial charge on any atom is 0.0195 e. The summed E-state index contributed by atoms with van der Waals surface area (Å²) in [5.41, 5.74) is 0. The van der Waals surface area contributed by atoms with E-state index in [2.05, 4.69) is 37.9 Å². The van der Waals surface area contributed by atoms with Gasteiger partial charge >= 0.3 is 0 Å². The van der Waals surface area contributed by atoms with Crippen LogP contribution in [0.2, 0.25) is 0 Å². The molecular weight excluding hydrogens is 184 g/mol. The quantitative estimate of drug-likeness (QED) is 0.728. The van der Waals surface area contributed by atoms with E-state index in [1.165, 1.54) is 38.9 Å². The Balaban J connectivity index is 2.32. The lowest BCUT2D eigenvalue weighted by molar-refractivity contribution is 0.180. The molecule has 2 nitrogen and oxygen atoms in total. The van der Waals surface area contributed by atoms with Crippen LogP contribution >= 0.6 is 0 Å². The Morgan fingerprint density at radius 2 is 2.07 bits per heavy atom. The molecule has 1 N–H and O–H groups in total. The van der Waals surface area contributed by atoms with Crippen molar-refractivity contribution in [1.82, 2.24) is 10.2 Å². The van der Waals surface area contributed by atoms with Gasteiger partial charge in [-0.3, -0.25) is 4.90 Å². The second-order valence-corrected chi connectivity index (χ2v) is 5.36. The fourth-order valence-corrected chi connectivity index (χ4v) is 2.65. The van der Waals surface area contributed by atoms with Crippen LogP contribution in [0.4, 0.5) is 0 Å². The van der Waals surface area contributed by atoms with Gasteiger partial charge < -0.3 is 5.32 Å². The van der Waals surface area contributed by atoms with E-state index in [0.717, 1.165) is 18.0 Å². The van der Waals surface area contributed by atoms with Crippen molar-refractivity contribution in [3.8, 4) is 0 Å². The van der Waals surface area contributed by atoms with Gasteiger partial charge in [0.15, 0.2) is 0 Å². The summed E-state index contributed by atoms with van der Waals surface area (Å²) < 4.78 is 0. The summed E-state index contributed by atoms with van der Waals surface area (Å²) in [6, 6.07) is 1.48. The first-order valence-corrected chi connectivity index (χ1v) is 6.61. The summed E-state index contributed by atoms with van der Waals surface area (Å²) in [6.45, 7) is 12.9. The minimum Gasteiger partial charge on any atom is -0.313 e. The van der Waals surface area contributed by atoms with E-state index < -0.39 is 0 Å². The van der Waals surface area contributed by atoms with Crippen molar-refractivity contribution < 1.29 is 0 Å². The predicted octanol–water partition coefficient (Wildman–Crippen LogP) is 2.49. The molecule has 0 saturated carbocycles. The standard InChI is InChI=1S/C13H28N2/c1-5-15(12(4)9-11(2)3)10-13-7-6-8-14-13/h11-14H,5-10H2,1-4H3. The van der Waals surface area contributed by atoms with Crippen LogP contribution < -0.4 is 5.32 Å². The van der Waals surface area contributed by atoms with Crippen LogP contribution in [0.25, 0.3) is 0 Å². The van der Waals surface area contributed by atoms with Gasteiger partial charge in [0.25, 0.3) is 0 Å². The third-order valence-corrected chi connectivity index (χ3v) is 3.46. The van der Waals surface area contributed by atoms with E-state index in [9.17, 15) is 0 Å². The number of nitrogens with zero attached hydrogens (tertiary/aromatic N) is 1. The zero-order valence-corrected chi connectivity index (χ0v) is 10.9. The fraction of sp³-hybridized carbons (Fsp3) is 1.00. The molecule has 0 amide bonds. The second-order valence-electron chi connectivity index (χ2n) is 5.36. The van der Waals surface area contributed by atoms with Crippen molar-refractivity contribution in [3.63, 3.8) is 0 Å². The van der Waals surface area contributed by atoms with Gasteiger partial charge in [0.2, 0.25) is 0 Å². The second kappa shape index (κ2) is 6.49. The molecule has 90 valence electrons. The molecule has 2 unspecified atom stereocenters. The number of hydrogen-bond donors (Lipinski definition) is 1. The first-order chi connectivity index (χ1) is 7.13. The molecule has 1 rings (SSSR count). The smallest absolute Gasteiger partial charge is 0.0195 e. The van der Waals surface area contributed by atoms with Crippen LogP contribution in [-0.2, 0) is 0 Å². The Morgan fingerprint density at radius 3 is 2.53 bits per heavy atom. The summed E-state index contributed by atoms with van der Waals surface area (Å²) in [5.74, 6) is 0.811. The molecule has 1 aliphatic heterocycles. The van der Waals surface area contributed by atoms with Gasteiger partial charge in [0.1, 0.15) is 0 Å². The number of hydrogen-bond acceptors (Lipinski definition) is 2. The van der Waals surface area contributed by atoms with Gasteiger partial charge in [-0.05, 0) is 45.2 Å². The lowest BCUT2D eigenvalue weighted by Gasteiger charge is -2.31. The average Bonchev–Trinajstić information content (AvgIpc) is 2.65. The molecule has 2 atom stereocenters. The molecule has 1 saturated heterocycles. The predicted molar refractivity (Wildman–Crippen MR) is 67.2 cm³/mol. The Bertz CT molecular complexity index is 162. The first-order valence-electron chi connectivity index (χ1n) is 6.61. The van der Waals surface area contributed by atoms with Crippen molar-refractivity contribution in [2.75, 3.05) is 19.6 Å². The van der Waals surface area contributed by atoms with Crippen LogP contribution in [0, 0.1) is 5.92 Å². The zero-order chi connectivity index (χ0) is 11.3. The molecule has 15 heavy (non-hydrogen) atoms. The van der Waals surface area contributed by atoms with Crippen LogP contribution in [0.1, 0.15) is 47.0 Å². The maximum absolute atomic E-state index is 3.59. The molecule has 0 aromatic carbocycles. The van der Waals surface area contributed by atoms with E-state index in [4.69, 9.17) is 0 Å². The molecule has 0 radical (unpaired) electrons. The Kier molecular flexibility index (Phi) is 5.62. The summed E-state index contributed by atoms with van der Waals surface area (Å²) >= 11 is 0. The molecule has 2 heteroatoms. The van der Waals surface area contributed by atoms with Crippen molar-refractivity contribution >= 4 is 0 Å². The molecule has 1 heterocycles. The number of rotatable bonds is 6. The Morgan fingerprint density at radius 1 is 1.33 bits per heavy atom. The normalized spacial score (nSPS) is 24.0. The third-order valence-electron chi connectivity index (χ3n) is 3.46. The number of nitrogens with one attached hydrogen (secondary N) is 1. The molecule has 0 aliphatic carbocycles. The highest BCUT2D eigenvalue weighted by Gasteiger charge is 2.20. The highest BCUT2D eigenvalue weighted by molar-refractivity contribution is 4.80. The van der Waals surface area contributed by atoms with Crippen LogP contribution in [-0.4, -0.2) is 36.6 Å². The van der Waals surface area contributed by atoms with Crippen molar-refractivity contribution in [1.29, 1.82) is 0 Å². The topological polar surface area (TPSA) is 15.3 Å². The molecule has 1 aliphatic rings. The van der Waals surface area contributed by atoms with Crippen molar-refractivity contribution in [2.24, 2.45) is 5.92 Å². The lowest BCUT2D eigenvalue weighted by atomic mass is 10.0. The van der Waals surface area contributed by atoms with Gasteiger partial charge in [0.05, 0.1) is 0 Å². The van der Waals surface area contributed by atoms with Gasteiger partial charge in [-0.15, -0.1) is 0 Å². The summed E-state index contributed by atoms with van der Waals surface area (Å²) in [7, 11) is 0. The average molecular weight is 212 g/mol. The Labute approximate surface area is 95.4 Å². The number of likely N-dealkylation sites (N-methyl/N-ethyl adjacent to an activating group) is 1. The highest BCUT2D eigenvalue weighted by atomic mass is 15.2. The molecule has 0 spiro atoms. The molecule has 0 aromatic rings. The van der Waals surface area contributed by atoms with Gasteiger partial charge in [0, 0.05) is 18.6 Å². The van der Waals surface area contributed by atoms with Crippen molar-refractivity contribution in [2.45, 2.75) is 59.0 Å². The summed E-state index contributed by atoms with van der Waals surface area (Å²) in [4.78, 5) is 2.63. The monoisotopic (exact) mass is 212 g/mol. The zero-order valence-electron chi connectivity index (χ0n) is 10.9. The van der Waals surface area contributed by atoms with E-state index >= 15 is 0 Å². The molecular formula is C13H28N2. The fourth-order valence-electron chi connectivity index (χ4n) is 2.65. The minimum absolute atomic E-state index is 0.734. The molecule has 1 fully saturated rings. The van der Waals surface area contributed by atoms with Crippen LogP contribution in [0.5, 0.6) is 0 Å². The summed E-state index contributed by atoms with van der Waals surface area (Å²) in [6.07, 6.45) is 4.05. The summed E-state index contributed by atoms with van der Waals surface area (Å²) in [5, 5.41) is 3.59.